The summed E-state index contributed by atoms with van der Waals surface area (Å²) in [5.41, 5.74) is 3.66. The van der Waals surface area contributed by atoms with E-state index in [1.54, 1.807) is 0 Å². The Hall–Kier alpha value is -2.53. The average molecular weight is 449 g/mol. The molecule has 0 N–H and O–H groups in total. The van der Waals surface area contributed by atoms with Gasteiger partial charge in [0.25, 0.3) is 11.8 Å². The fourth-order valence-corrected chi connectivity index (χ4v) is 5.31. The Balaban J connectivity index is 1.66. The van der Waals surface area contributed by atoms with E-state index in [0.717, 1.165) is 50.1 Å². The van der Waals surface area contributed by atoms with Crippen molar-refractivity contribution < 1.29 is 9.59 Å². The van der Waals surface area contributed by atoms with E-state index >= 15 is 0 Å². The second-order valence-corrected chi connectivity index (χ2v) is 9.79. The van der Waals surface area contributed by atoms with Gasteiger partial charge in [0.1, 0.15) is 10.6 Å². The number of imide groups is 1. The van der Waals surface area contributed by atoms with Gasteiger partial charge >= 0.3 is 0 Å². The normalized spacial score (nSPS) is 17.3. The van der Waals surface area contributed by atoms with E-state index in [4.69, 9.17) is 0 Å². The van der Waals surface area contributed by atoms with Crippen LogP contribution in [0.4, 0.5) is 5.69 Å². The molecule has 4 nitrogen and oxygen atoms in total. The van der Waals surface area contributed by atoms with Crippen LogP contribution in [0.3, 0.4) is 0 Å². The van der Waals surface area contributed by atoms with Crippen LogP contribution < -0.4 is 4.90 Å². The number of rotatable bonds is 7. The van der Waals surface area contributed by atoms with E-state index in [-0.39, 0.29) is 11.8 Å². The summed E-state index contributed by atoms with van der Waals surface area (Å²) < 4.78 is 0. The number of benzene rings is 2. The van der Waals surface area contributed by atoms with Crippen molar-refractivity contribution in [1.82, 2.24) is 4.90 Å². The number of amides is 2. The Morgan fingerprint density at radius 3 is 2.12 bits per heavy atom. The van der Waals surface area contributed by atoms with Crippen LogP contribution in [0.2, 0.25) is 0 Å². The van der Waals surface area contributed by atoms with Gasteiger partial charge in [0, 0.05) is 18.0 Å². The van der Waals surface area contributed by atoms with Crippen molar-refractivity contribution in [2.24, 2.45) is 0 Å². The highest BCUT2D eigenvalue weighted by atomic mass is 32.2. The van der Waals surface area contributed by atoms with Crippen LogP contribution in [0.5, 0.6) is 0 Å². The predicted octanol–water partition coefficient (Wildman–Crippen LogP) is 6.09. The van der Waals surface area contributed by atoms with E-state index < -0.39 is 0 Å². The van der Waals surface area contributed by atoms with Crippen molar-refractivity contribution in [2.45, 2.75) is 63.7 Å². The molecule has 2 amide bonds. The SMILES string of the molecule is CCCCc1ccc(N2C(=O)C(Sc3ccc(C)cc3)=C(N3CCCCCC3)C2=O)cc1. The third kappa shape index (κ3) is 4.93. The second kappa shape index (κ2) is 10.4. The number of nitrogens with zero attached hydrogens (tertiary/aromatic N) is 2. The van der Waals surface area contributed by atoms with Gasteiger partial charge in [0.05, 0.1) is 5.69 Å². The summed E-state index contributed by atoms with van der Waals surface area (Å²) in [7, 11) is 0. The van der Waals surface area contributed by atoms with Crippen LogP contribution in [0.15, 0.2) is 64.0 Å². The molecule has 2 heterocycles. The summed E-state index contributed by atoms with van der Waals surface area (Å²) in [6.07, 6.45) is 7.76. The van der Waals surface area contributed by atoms with Gasteiger partial charge in [-0.05, 0) is 62.4 Å². The van der Waals surface area contributed by atoms with Crippen LogP contribution in [-0.4, -0.2) is 29.8 Å². The Bertz CT molecular complexity index is 987. The summed E-state index contributed by atoms with van der Waals surface area (Å²) in [6, 6.07) is 16.1. The minimum absolute atomic E-state index is 0.187. The average Bonchev–Trinajstić information content (AvgIpc) is 2.97. The summed E-state index contributed by atoms with van der Waals surface area (Å²) in [6.45, 7) is 5.89. The standard InChI is InChI=1S/C27H32N2O2S/c1-3-4-9-21-12-14-22(15-13-21)29-26(30)24(28-18-7-5-6-8-19-28)25(27(29)31)32-23-16-10-20(2)11-17-23/h10-17H,3-9,18-19H2,1-2H3. The molecule has 4 rings (SSSR count). The molecule has 2 aromatic carbocycles. The van der Waals surface area contributed by atoms with Crippen molar-refractivity contribution in [3.8, 4) is 0 Å². The van der Waals surface area contributed by atoms with Gasteiger partial charge < -0.3 is 4.90 Å². The first-order chi connectivity index (χ1) is 15.6. The van der Waals surface area contributed by atoms with E-state index in [0.29, 0.717) is 16.3 Å². The third-order valence-corrected chi connectivity index (χ3v) is 7.27. The highest BCUT2D eigenvalue weighted by Gasteiger charge is 2.42. The van der Waals surface area contributed by atoms with Crippen molar-refractivity contribution in [3.05, 3.63) is 70.3 Å². The largest absolute Gasteiger partial charge is 0.366 e. The highest BCUT2D eigenvalue weighted by Crippen LogP contribution is 2.39. The third-order valence-electron chi connectivity index (χ3n) is 6.19. The lowest BCUT2D eigenvalue weighted by Crippen LogP contribution is -2.35. The first-order valence-corrected chi connectivity index (χ1v) is 12.6. The number of anilines is 1. The molecule has 1 saturated heterocycles. The van der Waals surface area contributed by atoms with Crippen LogP contribution in [-0.2, 0) is 16.0 Å². The lowest BCUT2D eigenvalue weighted by Gasteiger charge is -2.24. The fraction of sp³-hybridized carbons (Fsp3) is 0.407. The molecule has 32 heavy (non-hydrogen) atoms. The molecule has 2 aliphatic rings. The number of hydrogen-bond donors (Lipinski definition) is 0. The fourth-order valence-electron chi connectivity index (χ4n) is 4.31. The molecule has 0 atom stereocenters. The molecule has 2 aliphatic heterocycles. The van der Waals surface area contributed by atoms with Gasteiger partial charge in [-0.3, -0.25) is 9.59 Å². The second-order valence-electron chi connectivity index (χ2n) is 8.71. The minimum atomic E-state index is -0.207. The van der Waals surface area contributed by atoms with Crippen molar-refractivity contribution in [1.29, 1.82) is 0 Å². The molecular weight excluding hydrogens is 416 g/mol. The molecule has 0 aliphatic carbocycles. The van der Waals surface area contributed by atoms with E-state index in [1.165, 1.54) is 40.6 Å². The predicted molar refractivity (Wildman–Crippen MR) is 132 cm³/mol. The Labute approximate surface area is 195 Å². The maximum Gasteiger partial charge on any atom is 0.283 e. The molecule has 0 spiro atoms. The number of carbonyl (C=O) groups excluding carboxylic acids is 2. The first kappa shape index (κ1) is 22.7. The summed E-state index contributed by atoms with van der Waals surface area (Å²) >= 11 is 1.42. The zero-order chi connectivity index (χ0) is 22.5. The number of carbonyl (C=O) groups is 2. The van der Waals surface area contributed by atoms with Crippen molar-refractivity contribution >= 4 is 29.3 Å². The maximum absolute atomic E-state index is 13.6. The van der Waals surface area contributed by atoms with Crippen LogP contribution >= 0.6 is 11.8 Å². The van der Waals surface area contributed by atoms with Gasteiger partial charge in [0.2, 0.25) is 0 Å². The molecule has 0 saturated carbocycles. The van der Waals surface area contributed by atoms with E-state index in [2.05, 4.69) is 11.8 Å². The molecule has 0 bridgehead atoms. The maximum atomic E-state index is 13.6. The zero-order valence-corrected chi connectivity index (χ0v) is 19.9. The number of thioether (sulfide) groups is 1. The summed E-state index contributed by atoms with van der Waals surface area (Å²) in [4.78, 5) is 32.3. The Morgan fingerprint density at radius 1 is 0.844 bits per heavy atom. The topological polar surface area (TPSA) is 40.6 Å². The van der Waals surface area contributed by atoms with Crippen LogP contribution in [0.25, 0.3) is 0 Å². The lowest BCUT2D eigenvalue weighted by molar-refractivity contribution is -0.121. The van der Waals surface area contributed by atoms with E-state index in [9.17, 15) is 9.59 Å². The molecule has 0 radical (unpaired) electrons. The number of aryl methyl sites for hydroxylation is 2. The number of likely N-dealkylation sites (tertiary alicyclic amines) is 1. The molecule has 2 aromatic rings. The van der Waals surface area contributed by atoms with Gasteiger partial charge in [-0.1, -0.05) is 67.8 Å². The number of unbranched alkanes of at least 4 members (excludes halogenated alkanes) is 1. The zero-order valence-electron chi connectivity index (χ0n) is 19.1. The van der Waals surface area contributed by atoms with Gasteiger partial charge in [-0.25, -0.2) is 4.90 Å². The Morgan fingerprint density at radius 2 is 1.50 bits per heavy atom. The molecule has 5 heteroatoms. The lowest BCUT2D eigenvalue weighted by atomic mass is 10.1. The quantitative estimate of drug-likeness (QED) is 0.481. The first-order valence-electron chi connectivity index (χ1n) is 11.8. The van der Waals surface area contributed by atoms with Crippen molar-refractivity contribution in [3.63, 3.8) is 0 Å². The highest BCUT2D eigenvalue weighted by molar-refractivity contribution is 8.04. The Kier molecular flexibility index (Phi) is 7.36. The van der Waals surface area contributed by atoms with Gasteiger partial charge in [-0.2, -0.15) is 0 Å². The number of hydrogen-bond acceptors (Lipinski definition) is 4. The minimum Gasteiger partial charge on any atom is -0.366 e. The molecule has 1 fully saturated rings. The van der Waals surface area contributed by atoms with Gasteiger partial charge in [0.15, 0.2) is 0 Å². The van der Waals surface area contributed by atoms with Crippen LogP contribution in [0.1, 0.15) is 56.6 Å². The van der Waals surface area contributed by atoms with Crippen LogP contribution in [0, 0.1) is 6.92 Å². The molecule has 0 unspecified atom stereocenters. The molecule has 168 valence electrons. The van der Waals surface area contributed by atoms with E-state index in [1.807, 2.05) is 55.5 Å². The molecule has 0 aromatic heterocycles. The monoisotopic (exact) mass is 448 g/mol. The van der Waals surface area contributed by atoms with Gasteiger partial charge in [-0.15, -0.1) is 0 Å². The smallest absolute Gasteiger partial charge is 0.283 e. The summed E-state index contributed by atoms with van der Waals surface area (Å²) in [5, 5.41) is 0. The summed E-state index contributed by atoms with van der Waals surface area (Å²) in [5.74, 6) is -0.394. The van der Waals surface area contributed by atoms with Crippen molar-refractivity contribution in [2.75, 3.05) is 18.0 Å². The molecular formula is C27H32N2O2S.